The van der Waals surface area contributed by atoms with Crippen LogP contribution in [-0.2, 0) is 9.59 Å². The molecule has 1 spiro atoms. The number of aliphatic imine (C=N–C) groups is 1. The van der Waals surface area contributed by atoms with Gasteiger partial charge in [-0.3, -0.25) is 14.6 Å². The molecule has 1 heterocycles. The van der Waals surface area contributed by atoms with E-state index in [1.165, 1.54) is 6.07 Å². The number of hydrogen-bond acceptors (Lipinski definition) is 3. The molecule has 2 amide bonds. The minimum Gasteiger partial charge on any atom is -0.324 e. The highest BCUT2D eigenvalue weighted by molar-refractivity contribution is 6.47. The van der Waals surface area contributed by atoms with Crippen molar-refractivity contribution in [1.82, 2.24) is 4.90 Å². The summed E-state index contributed by atoms with van der Waals surface area (Å²) in [7, 11) is 0. The maximum Gasteiger partial charge on any atom is 0.275 e. The molecule has 0 unspecified atom stereocenters. The van der Waals surface area contributed by atoms with Crippen molar-refractivity contribution in [2.45, 2.75) is 44.2 Å². The second-order valence-corrected chi connectivity index (χ2v) is 7.79. The topological polar surface area (TPSA) is 61.8 Å². The fraction of sp³-hybridized carbons (Fsp3) is 0.348. The van der Waals surface area contributed by atoms with Crippen LogP contribution in [0.3, 0.4) is 0 Å². The highest BCUT2D eigenvalue weighted by Gasteiger charge is 2.47. The number of halogens is 2. The molecule has 0 radical (unpaired) electrons. The molecule has 7 heteroatoms. The van der Waals surface area contributed by atoms with E-state index in [4.69, 9.17) is 4.99 Å². The minimum atomic E-state index is -1.04. The maximum atomic E-state index is 13.5. The van der Waals surface area contributed by atoms with Crippen molar-refractivity contribution in [2.24, 2.45) is 4.99 Å². The predicted molar refractivity (Wildman–Crippen MR) is 110 cm³/mol. The summed E-state index contributed by atoms with van der Waals surface area (Å²) in [4.78, 5) is 32.4. The van der Waals surface area contributed by atoms with Gasteiger partial charge in [0.05, 0.1) is 0 Å². The van der Waals surface area contributed by atoms with Gasteiger partial charge in [0.25, 0.3) is 5.91 Å². The monoisotopic (exact) mass is 411 g/mol. The SMILES string of the molecule is O=C(CN1C(=O)C(c2ccccc2)=NC12CCCCCC2)Nc1ccc(F)c(F)c1. The highest BCUT2D eigenvalue weighted by atomic mass is 19.2. The lowest BCUT2D eigenvalue weighted by molar-refractivity contribution is -0.133. The van der Waals surface area contributed by atoms with Crippen LogP contribution in [0, 0.1) is 11.6 Å². The Bertz CT molecular complexity index is 983. The Morgan fingerprint density at radius 2 is 1.70 bits per heavy atom. The Morgan fingerprint density at radius 3 is 2.37 bits per heavy atom. The van der Waals surface area contributed by atoms with E-state index in [2.05, 4.69) is 5.32 Å². The second kappa shape index (κ2) is 8.34. The van der Waals surface area contributed by atoms with Gasteiger partial charge in [-0.25, -0.2) is 8.78 Å². The number of benzene rings is 2. The summed E-state index contributed by atoms with van der Waals surface area (Å²) in [5, 5.41) is 2.56. The number of amides is 2. The first kappa shape index (κ1) is 20.2. The van der Waals surface area contributed by atoms with Crippen LogP contribution in [-0.4, -0.2) is 34.6 Å². The van der Waals surface area contributed by atoms with Crippen molar-refractivity contribution >= 4 is 23.2 Å². The van der Waals surface area contributed by atoms with Gasteiger partial charge in [-0.1, -0.05) is 43.2 Å². The van der Waals surface area contributed by atoms with Gasteiger partial charge in [-0.2, -0.15) is 0 Å². The minimum absolute atomic E-state index is 0.143. The van der Waals surface area contributed by atoms with Crippen molar-refractivity contribution in [1.29, 1.82) is 0 Å². The van der Waals surface area contributed by atoms with Crippen LogP contribution in [0.5, 0.6) is 0 Å². The lowest BCUT2D eigenvalue weighted by Gasteiger charge is -2.35. The van der Waals surface area contributed by atoms with Crippen molar-refractivity contribution in [2.75, 3.05) is 11.9 Å². The number of carbonyl (C=O) groups excluding carboxylic acids is 2. The molecular weight excluding hydrogens is 388 g/mol. The largest absolute Gasteiger partial charge is 0.324 e. The van der Waals surface area contributed by atoms with Gasteiger partial charge < -0.3 is 10.2 Å². The summed E-state index contributed by atoms with van der Waals surface area (Å²) in [6, 6.07) is 12.4. The van der Waals surface area contributed by atoms with Gasteiger partial charge >= 0.3 is 0 Å². The van der Waals surface area contributed by atoms with Crippen LogP contribution in [0.15, 0.2) is 53.5 Å². The van der Waals surface area contributed by atoms with Gasteiger partial charge in [0.15, 0.2) is 11.6 Å². The third-order valence-corrected chi connectivity index (χ3v) is 5.73. The van der Waals surface area contributed by atoms with Gasteiger partial charge in [0.2, 0.25) is 5.91 Å². The zero-order chi connectivity index (χ0) is 21.1. The molecule has 1 saturated carbocycles. The molecule has 2 aliphatic rings. The third kappa shape index (κ3) is 3.97. The van der Waals surface area contributed by atoms with Crippen molar-refractivity contribution in [3.05, 3.63) is 65.7 Å². The first-order valence-electron chi connectivity index (χ1n) is 10.2. The summed E-state index contributed by atoms with van der Waals surface area (Å²) in [5.74, 6) is -2.77. The lowest BCUT2D eigenvalue weighted by atomic mass is 10.00. The lowest BCUT2D eigenvalue weighted by Crippen LogP contribution is -2.50. The molecule has 156 valence electrons. The Balaban J connectivity index is 1.59. The van der Waals surface area contributed by atoms with Crippen LogP contribution in [0.4, 0.5) is 14.5 Å². The molecule has 1 aliphatic heterocycles. The molecule has 0 bridgehead atoms. The molecule has 30 heavy (non-hydrogen) atoms. The Kier molecular flexibility index (Phi) is 5.61. The molecule has 2 aromatic carbocycles. The molecule has 0 aromatic heterocycles. The van der Waals surface area contributed by atoms with Gasteiger partial charge in [-0.05, 0) is 37.8 Å². The summed E-state index contributed by atoms with van der Waals surface area (Å²) in [6.07, 6.45) is 5.41. The number of hydrogen-bond donors (Lipinski definition) is 1. The zero-order valence-electron chi connectivity index (χ0n) is 16.5. The molecule has 5 nitrogen and oxygen atoms in total. The standard InChI is InChI=1S/C23H23F2N3O2/c24-18-11-10-17(14-19(18)25)26-20(29)15-28-22(30)21(16-8-4-3-5-9-16)27-23(28)12-6-1-2-7-13-23/h3-5,8-11,14H,1-2,6-7,12-13,15H2,(H,26,29). The molecule has 1 fully saturated rings. The average Bonchev–Trinajstić information content (AvgIpc) is 2.88. The van der Waals surface area contributed by atoms with E-state index in [1.54, 1.807) is 4.90 Å². The second-order valence-electron chi connectivity index (χ2n) is 7.79. The quantitative estimate of drug-likeness (QED) is 0.816. The van der Waals surface area contributed by atoms with Crippen molar-refractivity contribution in [3.63, 3.8) is 0 Å². The van der Waals surface area contributed by atoms with E-state index < -0.39 is 23.2 Å². The molecule has 2 aromatic rings. The van der Waals surface area contributed by atoms with E-state index in [1.807, 2.05) is 30.3 Å². The van der Waals surface area contributed by atoms with Crippen LogP contribution < -0.4 is 5.32 Å². The van der Waals surface area contributed by atoms with Crippen molar-refractivity contribution in [3.8, 4) is 0 Å². The number of carbonyl (C=O) groups is 2. The Morgan fingerprint density at radius 1 is 1.00 bits per heavy atom. The van der Waals surface area contributed by atoms with Crippen LogP contribution >= 0.6 is 0 Å². The molecular formula is C23H23F2N3O2. The fourth-order valence-corrected chi connectivity index (χ4v) is 4.23. The fourth-order valence-electron chi connectivity index (χ4n) is 4.23. The van der Waals surface area contributed by atoms with E-state index in [0.717, 1.165) is 43.4 Å². The van der Waals surface area contributed by atoms with Gasteiger partial charge in [0.1, 0.15) is 17.9 Å². The Hall–Kier alpha value is -3.09. The van der Waals surface area contributed by atoms with Crippen molar-refractivity contribution < 1.29 is 18.4 Å². The molecule has 4 rings (SSSR count). The summed E-state index contributed by atoms with van der Waals surface area (Å²) in [6.45, 7) is -0.197. The normalized spacial score (nSPS) is 18.3. The zero-order valence-corrected chi connectivity index (χ0v) is 16.5. The average molecular weight is 411 g/mol. The van der Waals surface area contributed by atoms with Crippen LogP contribution in [0.1, 0.15) is 44.1 Å². The number of nitrogens with one attached hydrogen (secondary N) is 1. The van der Waals surface area contributed by atoms with Crippen LogP contribution in [0.25, 0.3) is 0 Å². The highest BCUT2D eigenvalue weighted by Crippen LogP contribution is 2.38. The van der Waals surface area contributed by atoms with E-state index in [-0.39, 0.29) is 18.1 Å². The maximum absolute atomic E-state index is 13.5. The number of rotatable bonds is 4. The summed E-state index contributed by atoms with van der Waals surface area (Å²) in [5.41, 5.74) is 0.516. The Labute approximate surface area is 173 Å². The number of anilines is 1. The first-order valence-corrected chi connectivity index (χ1v) is 10.2. The molecule has 1 N–H and O–H groups in total. The number of nitrogens with zero attached hydrogens (tertiary/aromatic N) is 2. The third-order valence-electron chi connectivity index (χ3n) is 5.73. The van der Waals surface area contributed by atoms with E-state index in [0.29, 0.717) is 18.6 Å². The van der Waals surface area contributed by atoms with Gasteiger partial charge in [0, 0.05) is 17.3 Å². The predicted octanol–water partition coefficient (Wildman–Crippen LogP) is 4.29. The molecule has 0 saturated heterocycles. The summed E-state index contributed by atoms with van der Waals surface area (Å²) >= 11 is 0. The van der Waals surface area contributed by atoms with Crippen LogP contribution in [0.2, 0.25) is 0 Å². The van der Waals surface area contributed by atoms with E-state index in [9.17, 15) is 18.4 Å². The van der Waals surface area contributed by atoms with E-state index >= 15 is 0 Å². The first-order chi connectivity index (χ1) is 14.5. The molecule has 1 aliphatic carbocycles. The summed E-state index contributed by atoms with van der Waals surface area (Å²) < 4.78 is 26.6. The van der Waals surface area contributed by atoms with Gasteiger partial charge in [-0.15, -0.1) is 0 Å². The molecule has 0 atom stereocenters. The smallest absolute Gasteiger partial charge is 0.275 e.